The molecule has 2 aromatic carbocycles. The standard InChI is InChI=1S/C27H28FN5O2/c28-19-10-12-20(13-11-19)32-14-16-33(17-15-32)26-25(30-23-8-4-5-9-24(23)31-26)22(18-29)27(34)35-21-6-2-1-3-7-21/h4-5,8-13,21-22H,1-3,6-7,14-17H2/t22-/m1/s1. The third-order valence-corrected chi connectivity index (χ3v) is 6.82. The highest BCUT2D eigenvalue weighted by molar-refractivity contribution is 5.85. The largest absolute Gasteiger partial charge is 0.461 e. The zero-order valence-electron chi connectivity index (χ0n) is 19.6. The molecule has 3 aromatic rings. The molecule has 1 aliphatic heterocycles. The highest BCUT2D eigenvalue weighted by Crippen LogP contribution is 2.31. The summed E-state index contributed by atoms with van der Waals surface area (Å²) in [5.41, 5.74) is 2.66. The van der Waals surface area contributed by atoms with Gasteiger partial charge >= 0.3 is 5.97 Å². The van der Waals surface area contributed by atoms with Crippen LogP contribution in [-0.2, 0) is 9.53 Å². The number of nitriles is 1. The fraction of sp³-hybridized carbons (Fsp3) is 0.407. The maximum atomic E-state index is 13.3. The van der Waals surface area contributed by atoms with Gasteiger partial charge in [-0.3, -0.25) is 4.79 Å². The van der Waals surface area contributed by atoms with Crippen molar-refractivity contribution >= 4 is 28.5 Å². The molecule has 8 heteroatoms. The Morgan fingerprint density at radius 1 is 0.943 bits per heavy atom. The predicted octanol–water partition coefficient (Wildman–Crippen LogP) is 4.58. The molecule has 2 heterocycles. The number of hydrogen-bond acceptors (Lipinski definition) is 7. The van der Waals surface area contributed by atoms with Crippen molar-refractivity contribution in [2.75, 3.05) is 36.0 Å². The molecule has 0 spiro atoms. The summed E-state index contributed by atoms with van der Waals surface area (Å²) < 4.78 is 19.1. The summed E-state index contributed by atoms with van der Waals surface area (Å²) in [5.74, 6) is -1.39. The van der Waals surface area contributed by atoms with Crippen LogP contribution >= 0.6 is 0 Å². The Bertz CT molecular complexity index is 1230. The van der Waals surface area contributed by atoms with Crippen LogP contribution in [-0.4, -0.2) is 48.2 Å². The van der Waals surface area contributed by atoms with Crippen LogP contribution in [0.3, 0.4) is 0 Å². The number of aromatic nitrogens is 2. The molecule has 2 fully saturated rings. The van der Waals surface area contributed by atoms with E-state index in [2.05, 4.69) is 15.9 Å². The van der Waals surface area contributed by atoms with Crippen molar-refractivity contribution in [2.45, 2.75) is 44.1 Å². The molecule has 0 amide bonds. The van der Waals surface area contributed by atoms with E-state index in [0.29, 0.717) is 48.7 Å². The minimum Gasteiger partial charge on any atom is -0.461 e. The first-order valence-electron chi connectivity index (χ1n) is 12.2. The number of carbonyl (C=O) groups is 1. The van der Waals surface area contributed by atoms with Crippen LogP contribution in [0.5, 0.6) is 0 Å². The summed E-state index contributed by atoms with van der Waals surface area (Å²) in [5, 5.41) is 10.0. The highest BCUT2D eigenvalue weighted by atomic mass is 19.1. The first-order chi connectivity index (χ1) is 17.1. The lowest BCUT2D eigenvalue weighted by molar-refractivity contribution is -0.150. The molecule has 180 valence electrons. The van der Waals surface area contributed by atoms with Crippen LogP contribution < -0.4 is 9.80 Å². The third-order valence-electron chi connectivity index (χ3n) is 6.82. The highest BCUT2D eigenvalue weighted by Gasteiger charge is 2.33. The molecule has 1 aromatic heterocycles. The van der Waals surface area contributed by atoms with Gasteiger partial charge in [0.05, 0.1) is 17.1 Å². The second-order valence-electron chi connectivity index (χ2n) is 9.13. The van der Waals surface area contributed by atoms with Gasteiger partial charge in [0.15, 0.2) is 11.7 Å². The van der Waals surface area contributed by atoms with Gasteiger partial charge in [-0.05, 0) is 62.1 Å². The Balaban J connectivity index is 1.41. The van der Waals surface area contributed by atoms with Crippen molar-refractivity contribution in [3.63, 3.8) is 0 Å². The van der Waals surface area contributed by atoms with Crippen LogP contribution in [0.4, 0.5) is 15.9 Å². The normalized spacial score (nSPS) is 17.7. The Morgan fingerprint density at radius 3 is 2.23 bits per heavy atom. The number of rotatable bonds is 5. The number of hydrogen-bond donors (Lipinski definition) is 0. The molecule has 2 aliphatic rings. The summed E-state index contributed by atoms with van der Waals surface area (Å²) in [6.45, 7) is 2.66. The Labute approximate surface area is 204 Å². The number of nitrogens with zero attached hydrogens (tertiary/aromatic N) is 5. The molecule has 1 aliphatic carbocycles. The maximum Gasteiger partial charge on any atom is 0.329 e. The smallest absolute Gasteiger partial charge is 0.329 e. The number of halogens is 1. The zero-order chi connectivity index (χ0) is 24.2. The first-order valence-corrected chi connectivity index (χ1v) is 12.2. The molecule has 1 atom stereocenters. The number of fused-ring (bicyclic) bond motifs is 1. The lowest BCUT2D eigenvalue weighted by atomic mass is 9.97. The average Bonchev–Trinajstić information content (AvgIpc) is 2.90. The second kappa shape index (κ2) is 10.3. The molecule has 0 radical (unpaired) electrons. The number of ether oxygens (including phenoxy) is 1. The number of piperazine rings is 1. The van der Waals surface area contributed by atoms with Gasteiger partial charge in [-0.2, -0.15) is 5.26 Å². The summed E-state index contributed by atoms with van der Waals surface area (Å²) in [6, 6.07) is 16.1. The molecule has 7 nitrogen and oxygen atoms in total. The van der Waals surface area contributed by atoms with Gasteiger partial charge in [-0.15, -0.1) is 0 Å². The van der Waals surface area contributed by atoms with E-state index in [1.165, 1.54) is 12.1 Å². The summed E-state index contributed by atoms with van der Waals surface area (Å²) in [6.07, 6.45) is 4.77. The van der Waals surface area contributed by atoms with Crippen LogP contribution in [0.1, 0.15) is 43.7 Å². The van der Waals surface area contributed by atoms with Crippen LogP contribution in [0.2, 0.25) is 0 Å². The average molecular weight is 474 g/mol. The summed E-state index contributed by atoms with van der Waals surface area (Å²) >= 11 is 0. The molecule has 1 saturated carbocycles. The predicted molar refractivity (Wildman–Crippen MR) is 132 cm³/mol. The lowest BCUT2D eigenvalue weighted by Gasteiger charge is -2.37. The van der Waals surface area contributed by atoms with E-state index in [-0.39, 0.29) is 11.9 Å². The SMILES string of the molecule is N#C[C@@H](C(=O)OC1CCCCC1)c1nc2ccccc2nc1N1CCN(c2ccc(F)cc2)CC1. The first kappa shape index (κ1) is 23.0. The van der Waals surface area contributed by atoms with Crippen molar-refractivity contribution < 1.29 is 13.9 Å². The van der Waals surface area contributed by atoms with Crippen molar-refractivity contribution in [2.24, 2.45) is 0 Å². The summed E-state index contributed by atoms with van der Waals surface area (Å²) in [4.78, 5) is 27.0. The lowest BCUT2D eigenvalue weighted by Crippen LogP contribution is -2.47. The van der Waals surface area contributed by atoms with Crippen LogP contribution in [0, 0.1) is 17.1 Å². The Hall–Kier alpha value is -3.73. The molecule has 0 unspecified atom stereocenters. The van der Waals surface area contributed by atoms with Crippen molar-refractivity contribution in [1.82, 2.24) is 9.97 Å². The quantitative estimate of drug-likeness (QED) is 0.502. The van der Waals surface area contributed by atoms with Crippen LogP contribution in [0.25, 0.3) is 11.0 Å². The number of anilines is 2. The molecule has 35 heavy (non-hydrogen) atoms. The third kappa shape index (κ3) is 5.04. The molecule has 0 bridgehead atoms. The monoisotopic (exact) mass is 473 g/mol. The van der Waals surface area contributed by atoms with Crippen LogP contribution in [0.15, 0.2) is 48.5 Å². The van der Waals surface area contributed by atoms with E-state index in [1.54, 1.807) is 12.1 Å². The van der Waals surface area contributed by atoms with Gasteiger partial charge in [0.25, 0.3) is 0 Å². The van der Waals surface area contributed by atoms with Gasteiger partial charge in [-0.1, -0.05) is 18.6 Å². The molecule has 1 saturated heterocycles. The Morgan fingerprint density at radius 2 is 1.57 bits per heavy atom. The molecule has 0 N–H and O–H groups in total. The molecular formula is C27H28FN5O2. The van der Waals surface area contributed by atoms with Crippen molar-refractivity contribution in [3.8, 4) is 6.07 Å². The van der Waals surface area contributed by atoms with Gasteiger partial charge in [0.1, 0.15) is 17.6 Å². The van der Waals surface area contributed by atoms with Crippen molar-refractivity contribution in [3.05, 3.63) is 60.0 Å². The minimum absolute atomic E-state index is 0.136. The van der Waals surface area contributed by atoms with E-state index in [9.17, 15) is 14.4 Å². The second-order valence-corrected chi connectivity index (χ2v) is 9.13. The van der Waals surface area contributed by atoms with E-state index in [4.69, 9.17) is 14.7 Å². The van der Waals surface area contributed by atoms with Gasteiger partial charge in [0, 0.05) is 31.9 Å². The van der Waals surface area contributed by atoms with E-state index in [1.807, 2.05) is 24.3 Å². The topological polar surface area (TPSA) is 82.3 Å². The fourth-order valence-electron chi connectivity index (χ4n) is 4.90. The number of benzene rings is 2. The van der Waals surface area contributed by atoms with Crippen molar-refractivity contribution in [1.29, 1.82) is 5.26 Å². The molecular weight excluding hydrogens is 445 g/mol. The van der Waals surface area contributed by atoms with E-state index in [0.717, 1.165) is 37.8 Å². The van der Waals surface area contributed by atoms with Gasteiger partial charge < -0.3 is 14.5 Å². The Kier molecular flexibility index (Phi) is 6.75. The minimum atomic E-state index is -1.14. The van der Waals surface area contributed by atoms with Gasteiger partial charge in [0.2, 0.25) is 0 Å². The zero-order valence-corrected chi connectivity index (χ0v) is 19.6. The fourth-order valence-corrected chi connectivity index (χ4v) is 4.90. The summed E-state index contributed by atoms with van der Waals surface area (Å²) in [7, 11) is 0. The number of esters is 1. The maximum absolute atomic E-state index is 13.3. The van der Waals surface area contributed by atoms with E-state index >= 15 is 0 Å². The van der Waals surface area contributed by atoms with E-state index < -0.39 is 11.9 Å². The van der Waals surface area contributed by atoms with Gasteiger partial charge in [-0.25, -0.2) is 14.4 Å². The number of carbonyl (C=O) groups excluding carboxylic acids is 1. The number of para-hydroxylation sites is 2. The molecule has 5 rings (SSSR count).